The van der Waals surface area contributed by atoms with Crippen molar-refractivity contribution >= 4 is 5.97 Å². The number of carbonyl (C=O) groups excluding carboxylic acids is 1. The number of nitrogens with zero attached hydrogens (tertiary/aromatic N) is 1. The molecule has 0 aromatic heterocycles. The molecule has 6 heteroatoms. The minimum Gasteiger partial charge on any atom is -0.425 e. The van der Waals surface area contributed by atoms with E-state index in [1.165, 1.54) is 0 Å². The molecule has 0 amide bonds. The molecule has 0 atom stereocenters. The van der Waals surface area contributed by atoms with Crippen molar-refractivity contribution in [3.05, 3.63) is 40.8 Å². The first kappa shape index (κ1) is 11.7. The molecule has 0 spiro atoms. The van der Waals surface area contributed by atoms with E-state index < -0.39 is 11.7 Å². The van der Waals surface area contributed by atoms with E-state index in [1.807, 2.05) is 0 Å². The summed E-state index contributed by atoms with van der Waals surface area (Å²) in [5, 5.41) is 2.80. The van der Waals surface area contributed by atoms with Crippen LogP contribution < -0.4 is 0 Å². The summed E-state index contributed by atoms with van der Waals surface area (Å²) >= 11 is 0. The molecule has 0 bridgehead atoms. The highest BCUT2D eigenvalue weighted by Gasteiger charge is 2.40. The second-order valence-electron chi connectivity index (χ2n) is 3.61. The van der Waals surface area contributed by atoms with Gasteiger partial charge in [-0.1, -0.05) is 18.2 Å². The van der Waals surface area contributed by atoms with Gasteiger partial charge in [0.2, 0.25) is 0 Å². The van der Waals surface area contributed by atoms with Crippen molar-refractivity contribution in [2.45, 2.75) is 5.72 Å². The number of esters is 1. The van der Waals surface area contributed by atoms with Gasteiger partial charge in [0.25, 0.3) is 5.72 Å². The predicted molar refractivity (Wildman–Crippen MR) is 57.2 cm³/mol. The number of nitroso groups, excluding NO2 is 1. The Hall–Kier alpha value is -1.79. The maximum absolute atomic E-state index is 11.7. The summed E-state index contributed by atoms with van der Waals surface area (Å²) in [6.07, 6.45) is 0. The Morgan fingerprint density at radius 2 is 1.88 bits per heavy atom. The Morgan fingerprint density at radius 1 is 1.24 bits per heavy atom. The Kier molecular flexibility index (Phi) is 3.46. The molecule has 0 N–H and O–H groups in total. The molecule has 0 unspecified atom stereocenters. The number of ether oxygens (including phenoxy) is 3. The van der Waals surface area contributed by atoms with Gasteiger partial charge in [-0.3, -0.25) is 0 Å². The summed E-state index contributed by atoms with van der Waals surface area (Å²) in [7, 11) is 0. The molecule has 0 saturated carbocycles. The number of carbonyl (C=O) groups is 1. The van der Waals surface area contributed by atoms with Gasteiger partial charge in [0, 0.05) is 0 Å². The van der Waals surface area contributed by atoms with Crippen molar-refractivity contribution in [1.29, 1.82) is 0 Å². The first-order valence-corrected chi connectivity index (χ1v) is 5.04. The molecule has 0 aliphatic carbocycles. The van der Waals surface area contributed by atoms with Gasteiger partial charge in [-0.2, -0.15) is 0 Å². The average Bonchev–Trinajstić information content (AvgIpc) is 2.41. The van der Waals surface area contributed by atoms with E-state index in [9.17, 15) is 9.70 Å². The van der Waals surface area contributed by atoms with Crippen molar-refractivity contribution in [3.8, 4) is 0 Å². The zero-order valence-corrected chi connectivity index (χ0v) is 9.00. The highest BCUT2D eigenvalue weighted by atomic mass is 16.7. The first-order valence-electron chi connectivity index (χ1n) is 5.04. The SMILES string of the molecule is O=NC1(OC(=O)c2ccccc2)COCOC1. The Labute approximate surface area is 97.4 Å². The monoisotopic (exact) mass is 237 g/mol. The van der Waals surface area contributed by atoms with Crippen LogP contribution in [0.25, 0.3) is 0 Å². The molecule has 17 heavy (non-hydrogen) atoms. The van der Waals surface area contributed by atoms with E-state index in [-0.39, 0.29) is 20.0 Å². The molecule has 0 radical (unpaired) electrons. The Bertz CT molecular complexity index is 400. The van der Waals surface area contributed by atoms with E-state index in [1.54, 1.807) is 30.3 Å². The van der Waals surface area contributed by atoms with Crippen molar-refractivity contribution in [2.75, 3.05) is 20.0 Å². The average molecular weight is 237 g/mol. The van der Waals surface area contributed by atoms with Crippen molar-refractivity contribution < 1.29 is 19.0 Å². The Morgan fingerprint density at radius 3 is 2.47 bits per heavy atom. The van der Waals surface area contributed by atoms with E-state index >= 15 is 0 Å². The molecule has 1 aromatic carbocycles. The van der Waals surface area contributed by atoms with E-state index in [4.69, 9.17) is 14.2 Å². The number of benzene rings is 1. The summed E-state index contributed by atoms with van der Waals surface area (Å²) in [4.78, 5) is 22.5. The van der Waals surface area contributed by atoms with Crippen LogP contribution in [-0.4, -0.2) is 31.7 Å². The quantitative estimate of drug-likeness (QED) is 0.585. The van der Waals surface area contributed by atoms with Gasteiger partial charge in [0.1, 0.15) is 20.0 Å². The molecule has 1 aliphatic rings. The van der Waals surface area contributed by atoms with Crippen LogP contribution in [0.1, 0.15) is 10.4 Å². The van der Waals surface area contributed by atoms with Gasteiger partial charge in [0.15, 0.2) is 0 Å². The lowest BCUT2D eigenvalue weighted by molar-refractivity contribution is -0.197. The standard InChI is InChI=1S/C11H11NO5/c13-10(9-4-2-1-3-5-9)17-11(12-14)6-15-8-16-7-11/h1-5H,6-8H2. The zero-order chi connectivity index (χ0) is 12.1. The van der Waals surface area contributed by atoms with Crippen LogP contribution in [0.5, 0.6) is 0 Å². The van der Waals surface area contributed by atoms with Crippen molar-refractivity contribution in [2.24, 2.45) is 5.18 Å². The van der Waals surface area contributed by atoms with Gasteiger partial charge < -0.3 is 14.2 Å². The normalized spacial score (nSPS) is 18.4. The lowest BCUT2D eigenvalue weighted by atomic mass is 10.2. The fraction of sp³-hybridized carbons (Fsp3) is 0.364. The molecular formula is C11H11NO5. The van der Waals surface area contributed by atoms with Gasteiger partial charge in [-0.05, 0) is 17.3 Å². The van der Waals surface area contributed by atoms with Crippen LogP contribution in [-0.2, 0) is 14.2 Å². The largest absolute Gasteiger partial charge is 0.425 e. The topological polar surface area (TPSA) is 74.2 Å². The van der Waals surface area contributed by atoms with Gasteiger partial charge >= 0.3 is 5.97 Å². The predicted octanol–water partition coefficient (Wildman–Crippen LogP) is 1.31. The lowest BCUT2D eigenvalue weighted by Gasteiger charge is -2.29. The fourth-order valence-corrected chi connectivity index (χ4v) is 1.44. The molecule has 90 valence electrons. The lowest BCUT2D eigenvalue weighted by Crippen LogP contribution is -2.46. The smallest absolute Gasteiger partial charge is 0.340 e. The summed E-state index contributed by atoms with van der Waals surface area (Å²) in [5.74, 6) is -0.626. The third-order valence-electron chi connectivity index (χ3n) is 2.28. The van der Waals surface area contributed by atoms with Gasteiger partial charge in [0.05, 0.1) is 5.56 Å². The summed E-state index contributed by atoms with van der Waals surface area (Å²) in [5.41, 5.74) is -1.23. The molecule has 1 heterocycles. The number of rotatable bonds is 3. The van der Waals surface area contributed by atoms with E-state index in [0.717, 1.165) is 0 Å². The Balaban J connectivity index is 2.09. The van der Waals surface area contributed by atoms with Crippen LogP contribution in [0.2, 0.25) is 0 Å². The van der Waals surface area contributed by atoms with E-state index in [0.29, 0.717) is 5.56 Å². The van der Waals surface area contributed by atoms with Crippen LogP contribution in [0.3, 0.4) is 0 Å². The van der Waals surface area contributed by atoms with Gasteiger partial charge in [-0.15, -0.1) is 4.91 Å². The number of hydrogen-bond donors (Lipinski definition) is 0. The zero-order valence-electron chi connectivity index (χ0n) is 9.00. The summed E-state index contributed by atoms with van der Waals surface area (Å²) in [6.45, 7) is -0.107. The maximum atomic E-state index is 11.7. The van der Waals surface area contributed by atoms with Crippen LogP contribution in [0.4, 0.5) is 0 Å². The van der Waals surface area contributed by atoms with Crippen LogP contribution in [0.15, 0.2) is 35.5 Å². The second-order valence-corrected chi connectivity index (χ2v) is 3.61. The molecule has 1 aliphatic heterocycles. The fourth-order valence-electron chi connectivity index (χ4n) is 1.44. The van der Waals surface area contributed by atoms with E-state index in [2.05, 4.69) is 5.18 Å². The molecule has 6 nitrogen and oxygen atoms in total. The summed E-state index contributed by atoms with van der Waals surface area (Å²) in [6, 6.07) is 8.35. The van der Waals surface area contributed by atoms with Gasteiger partial charge in [-0.25, -0.2) is 4.79 Å². The second kappa shape index (κ2) is 5.03. The highest BCUT2D eigenvalue weighted by molar-refractivity contribution is 5.89. The summed E-state index contributed by atoms with van der Waals surface area (Å²) < 4.78 is 14.9. The molecule has 1 saturated heterocycles. The maximum Gasteiger partial charge on any atom is 0.340 e. The van der Waals surface area contributed by atoms with Crippen LogP contribution in [0, 0.1) is 4.91 Å². The van der Waals surface area contributed by atoms with Crippen molar-refractivity contribution in [1.82, 2.24) is 0 Å². The third-order valence-corrected chi connectivity index (χ3v) is 2.28. The highest BCUT2D eigenvalue weighted by Crippen LogP contribution is 2.20. The van der Waals surface area contributed by atoms with Crippen LogP contribution >= 0.6 is 0 Å². The first-order chi connectivity index (χ1) is 8.26. The molecule has 2 rings (SSSR count). The molecule has 1 fully saturated rings. The number of hydrogen-bond acceptors (Lipinski definition) is 6. The molecular weight excluding hydrogens is 226 g/mol. The minimum atomic E-state index is -1.58. The third kappa shape index (κ3) is 2.66. The van der Waals surface area contributed by atoms with Crippen molar-refractivity contribution in [3.63, 3.8) is 0 Å². The molecule has 1 aromatic rings. The minimum absolute atomic E-state index is 0.0696.